The van der Waals surface area contributed by atoms with Crippen LogP contribution in [0.15, 0.2) is 0 Å². The number of nitrogens with one attached hydrogen (secondary N) is 2. The highest BCUT2D eigenvalue weighted by molar-refractivity contribution is 5.78. The molecule has 3 heteroatoms. The number of rotatable bonds is 6. The van der Waals surface area contributed by atoms with Crippen LogP contribution in [-0.2, 0) is 4.79 Å². The Bertz CT molecular complexity index is 278. The highest BCUT2D eigenvalue weighted by Crippen LogP contribution is 2.40. The smallest absolute Gasteiger partial charge is 0.234 e. The minimum absolute atomic E-state index is 0.145. The standard InChI is InChI=1S/C16H32N2O/c1-6-16(4,5)13-7-9-14(10-8-13)18-15(19)11-17-12(2)3/h12-14,17H,6-11H2,1-5H3,(H,18,19). The molecule has 1 aliphatic rings. The van der Waals surface area contributed by atoms with Crippen molar-refractivity contribution in [1.82, 2.24) is 10.6 Å². The van der Waals surface area contributed by atoms with Crippen molar-refractivity contribution >= 4 is 5.91 Å². The molecular formula is C16H32N2O. The topological polar surface area (TPSA) is 41.1 Å². The van der Waals surface area contributed by atoms with Gasteiger partial charge in [0, 0.05) is 12.1 Å². The Hall–Kier alpha value is -0.570. The lowest BCUT2D eigenvalue weighted by atomic mass is 9.69. The van der Waals surface area contributed by atoms with Gasteiger partial charge < -0.3 is 10.6 Å². The van der Waals surface area contributed by atoms with Crippen LogP contribution in [0.5, 0.6) is 0 Å². The van der Waals surface area contributed by atoms with E-state index < -0.39 is 0 Å². The molecule has 0 spiro atoms. The summed E-state index contributed by atoms with van der Waals surface area (Å²) in [5.41, 5.74) is 0.453. The average molecular weight is 268 g/mol. The monoisotopic (exact) mass is 268 g/mol. The zero-order valence-corrected chi connectivity index (χ0v) is 13.4. The van der Waals surface area contributed by atoms with Crippen molar-refractivity contribution in [2.45, 2.75) is 78.8 Å². The molecule has 0 aromatic rings. The first-order valence-electron chi connectivity index (χ1n) is 7.88. The van der Waals surface area contributed by atoms with E-state index >= 15 is 0 Å². The van der Waals surface area contributed by atoms with Crippen LogP contribution in [-0.4, -0.2) is 24.5 Å². The molecule has 112 valence electrons. The van der Waals surface area contributed by atoms with E-state index in [9.17, 15) is 4.79 Å². The summed E-state index contributed by atoms with van der Waals surface area (Å²) in [5.74, 6) is 0.964. The number of carbonyl (C=O) groups excluding carboxylic acids is 1. The van der Waals surface area contributed by atoms with Crippen LogP contribution in [0.2, 0.25) is 0 Å². The van der Waals surface area contributed by atoms with Gasteiger partial charge in [-0.15, -0.1) is 0 Å². The Balaban J connectivity index is 2.28. The van der Waals surface area contributed by atoms with E-state index in [0.717, 1.165) is 18.8 Å². The summed E-state index contributed by atoms with van der Waals surface area (Å²) in [6.07, 6.45) is 6.03. The van der Waals surface area contributed by atoms with Crippen LogP contribution >= 0.6 is 0 Å². The first-order chi connectivity index (χ1) is 8.85. The molecule has 0 aromatic carbocycles. The third-order valence-corrected chi connectivity index (χ3v) is 4.78. The average Bonchev–Trinajstić information content (AvgIpc) is 2.37. The molecule has 0 bridgehead atoms. The number of hydrogen-bond acceptors (Lipinski definition) is 2. The maximum absolute atomic E-state index is 11.8. The lowest BCUT2D eigenvalue weighted by Crippen LogP contribution is -2.44. The second-order valence-electron chi connectivity index (χ2n) is 6.99. The summed E-state index contributed by atoms with van der Waals surface area (Å²) < 4.78 is 0. The lowest BCUT2D eigenvalue weighted by molar-refractivity contribution is -0.121. The van der Waals surface area contributed by atoms with E-state index in [2.05, 4.69) is 45.3 Å². The number of hydrogen-bond donors (Lipinski definition) is 2. The van der Waals surface area contributed by atoms with Gasteiger partial charge in [-0.2, -0.15) is 0 Å². The SMILES string of the molecule is CCC(C)(C)C1CCC(NC(=O)CNC(C)C)CC1. The van der Waals surface area contributed by atoms with Gasteiger partial charge in [0.2, 0.25) is 5.91 Å². The third-order valence-electron chi connectivity index (χ3n) is 4.78. The fourth-order valence-corrected chi connectivity index (χ4v) is 2.88. The van der Waals surface area contributed by atoms with Crippen molar-refractivity contribution in [2.75, 3.05) is 6.54 Å². The summed E-state index contributed by atoms with van der Waals surface area (Å²) in [5, 5.41) is 6.33. The minimum Gasteiger partial charge on any atom is -0.352 e. The first kappa shape index (κ1) is 16.5. The zero-order valence-electron chi connectivity index (χ0n) is 13.4. The van der Waals surface area contributed by atoms with Crippen molar-refractivity contribution in [2.24, 2.45) is 11.3 Å². The summed E-state index contributed by atoms with van der Waals surface area (Å²) >= 11 is 0. The fourth-order valence-electron chi connectivity index (χ4n) is 2.88. The third kappa shape index (κ3) is 5.52. The van der Waals surface area contributed by atoms with Gasteiger partial charge in [0.1, 0.15) is 0 Å². The van der Waals surface area contributed by atoms with Crippen LogP contribution in [0.1, 0.15) is 66.7 Å². The number of amides is 1. The van der Waals surface area contributed by atoms with Crippen molar-refractivity contribution in [3.05, 3.63) is 0 Å². The van der Waals surface area contributed by atoms with E-state index in [0.29, 0.717) is 24.0 Å². The normalized spacial score (nSPS) is 24.5. The second-order valence-corrected chi connectivity index (χ2v) is 6.99. The summed E-state index contributed by atoms with van der Waals surface area (Å²) in [7, 11) is 0. The van der Waals surface area contributed by atoms with E-state index in [-0.39, 0.29) is 5.91 Å². The van der Waals surface area contributed by atoms with Gasteiger partial charge in [0.05, 0.1) is 6.54 Å². The lowest BCUT2D eigenvalue weighted by Gasteiger charge is -2.39. The first-order valence-corrected chi connectivity index (χ1v) is 7.88. The zero-order chi connectivity index (χ0) is 14.5. The molecule has 0 unspecified atom stereocenters. The van der Waals surface area contributed by atoms with Gasteiger partial charge >= 0.3 is 0 Å². The van der Waals surface area contributed by atoms with Gasteiger partial charge in [-0.25, -0.2) is 0 Å². The quantitative estimate of drug-likeness (QED) is 0.777. The van der Waals surface area contributed by atoms with E-state index in [1.54, 1.807) is 0 Å². The predicted octanol–water partition coefficient (Wildman–Crippen LogP) is 3.10. The van der Waals surface area contributed by atoms with Crippen molar-refractivity contribution < 1.29 is 4.79 Å². The Morgan fingerprint density at radius 1 is 1.21 bits per heavy atom. The molecule has 0 atom stereocenters. The Labute approximate surface area is 118 Å². The Morgan fingerprint density at radius 3 is 2.26 bits per heavy atom. The van der Waals surface area contributed by atoms with Crippen LogP contribution in [0.3, 0.4) is 0 Å². The molecule has 0 heterocycles. The summed E-state index contributed by atoms with van der Waals surface area (Å²) in [6.45, 7) is 11.6. The number of carbonyl (C=O) groups is 1. The Morgan fingerprint density at radius 2 is 1.79 bits per heavy atom. The van der Waals surface area contributed by atoms with Gasteiger partial charge in [-0.3, -0.25) is 4.79 Å². The van der Waals surface area contributed by atoms with E-state index in [4.69, 9.17) is 0 Å². The van der Waals surface area contributed by atoms with Crippen LogP contribution in [0.4, 0.5) is 0 Å². The van der Waals surface area contributed by atoms with Crippen LogP contribution < -0.4 is 10.6 Å². The van der Waals surface area contributed by atoms with Crippen molar-refractivity contribution in [3.63, 3.8) is 0 Å². The second kappa shape index (κ2) is 7.28. The largest absolute Gasteiger partial charge is 0.352 e. The molecule has 0 aliphatic heterocycles. The van der Waals surface area contributed by atoms with Gasteiger partial charge in [0.15, 0.2) is 0 Å². The summed E-state index contributed by atoms with van der Waals surface area (Å²) in [6, 6.07) is 0.761. The molecule has 1 saturated carbocycles. The molecule has 2 N–H and O–H groups in total. The highest BCUT2D eigenvalue weighted by Gasteiger charge is 2.32. The maximum Gasteiger partial charge on any atom is 0.234 e. The molecule has 1 rings (SSSR count). The molecule has 1 aliphatic carbocycles. The molecule has 0 saturated heterocycles. The minimum atomic E-state index is 0.145. The molecule has 0 radical (unpaired) electrons. The van der Waals surface area contributed by atoms with E-state index in [1.807, 2.05) is 0 Å². The van der Waals surface area contributed by atoms with Crippen LogP contribution in [0, 0.1) is 11.3 Å². The molecule has 1 amide bonds. The molecule has 19 heavy (non-hydrogen) atoms. The van der Waals surface area contributed by atoms with Gasteiger partial charge in [-0.05, 0) is 37.0 Å². The molecule has 0 aromatic heterocycles. The van der Waals surface area contributed by atoms with Crippen LogP contribution in [0.25, 0.3) is 0 Å². The van der Waals surface area contributed by atoms with Crippen molar-refractivity contribution in [1.29, 1.82) is 0 Å². The predicted molar refractivity (Wildman–Crippen MR) is 81.1 cm³/mol. The highest BCUT2D eigenvalue weighted by atomic mass is 16.1. The van der Waals surface area contributed by atoms with Crippen molar-refractivity contribution in [3.8, 4) is 0 Å². The molecule has 1 fully saturated rings. The van der Waals surface area contributed by atoms with Gasteiger partial charge in [-0.1, -0.05) is 41.0 Å². The fraction of sp³-hybridized carbons (Fsp3) is 0.938. The molecule has 3 nitrogen and oxygen atoms in total. The van der Waals surface area contributed by atoms with Gasteiger partial charge in [0.25, 0.3) is 0 Å². The Kier molecular flexibility index (Phi) is 6.31. The maximum atomic E-state index is 11.8. The van der Waals surface area contributed by atoms with E-state index in [1.165, 1.54) is 19.3 Å². The molecular weight excluding hydrogens is 236 g/mol. The summed E-state index contributed by atoms with van der Waals surface area (Å²) in [4.78, 5) is 11.8.